The van der Waals surface area contributed by atoms with E-state index in [4.69, 9.17) is 0 Å². The van der Waals surface area contributed by atoms with Crippen molar-refractivity contribution in [2.45, 2.75) is 64.2 Å². The molecule has 3 rings (SSSR count). The predicted octanol–water partition coefficient (Wildman–Crippen LogP) is 3.65. The van der Waals surface area contributed by atoms with Crippen LogP contribution in [0.2, 0.25) is 0 Å². The van der Waals surface area contributed by atoms with Crippen LogP contribution in [-0.4, -0.2) is 30.8 Å². The van der Waals surface area contributed by atoms with Gasteiger partial charge in [0.05, 0.1) is 0 Å². The quantitative estimate of drug-likeness (QED) is 0.516. The molecule has 2 nitrogen and oxygen atoms in total. The van der Waals surface area contributed by atoms with E-state index in [0.29, 0.717) is 0 Å². The minimum Gasteiger partial charge on any atom is -0.303 e. The van der Waals surface area contributed by atoms with Crippen molar-refractivity contribution in [1.82, 2.24) is 4.90 Å². The number of hydrogen-bond acceptors (Lipinski definition) is 2. The first kappa shape index (κ1) is 13.6. The molecule has 19 heavy (non-hydrogen) atoms. The Labute approximate surface area is 117 Å². The highest BCUT2D eigenvalue weighted by Crippen LogP contribution is 2.38. The molecule has 0 aromatic rings. The fraction of sp³-hybridized carbons (Fsp3) is 0.941. The highest BCUT2D eigenvalue weighted by Gasteiger charge is 2.36. The van der Waals surface area contributed by atoms with Gasteiger partial charge < -0.3 is 9.69 Å². The molecule has 0 radical (unpaired) electrons. The highest BCUT2D eigenvalue weighted by molar-refractivity contribution is 5.59. The van der Waals surface area contributed by atoms with Crippen LogP contribution in [0.1, 0.15) is 64.2 Å². The third kappa shape index (κ3) is 4.05. The maximum atomic E-state index is 11.7. The lowest BCUT2D eigenvalue weighted by Gasteiger charge is -2.34. The number of hydrogen-bond donors (Lipinski definition) is 0. The largest absolute Gasteiger partial charge is 0.303 e. The van der Waals surface area contributed by atoms with Gasteiger partial charge in [0.15, 0.2) is 0 Å². The maximum Gasteiger partial charge on any atom is 0.127 e. The first-order valence-corrected chi connectivity index (χ1v) is 8.48. The number of carbonyl (C=O) groups is 1. The maximum absolute atomic E-state index is 11.7. The van der Waals surface area contributed by atoms with Gasteiger partial charge in [-0.25, -0.2) is 0 Å². The fourth-order valence-corrected chi connectivity index (χ4v) is 3.73. The Hall–Kier alpha value is -0.370. The van der Waals surface area contributed by atoms with E-state index < -0.39 is 0 Å². The summed E-state index contributed by atoms with van der Waals surface area (Å²) in [5.74, 6) is 1.90. The summed E-state index contributed by atoms with van der Waals surface area (Å²) in [6.45, 7) is 3.60. The fourth-order valence-electron chi connectivity index (χ4n) is 3.73. The smallest absolute Gasteiger partial charge is 0.127 e. The van der Waals surface area contributed by atoms with E-state index in [1.807, 2.05) is 0 Å². The third-order valence-electron chi connectivity index (χ3n) is 5.31. The van der Waals surface area contributed by atoms with Crippen LogP contribution in [-0.2, 0) is 4.79 Å². The van der Waals surface area contributed by atoms with Crippen LogP contribution in [0.3, 0.4) is 0 Å². The van der Waals surface area contributed by atoms with E-state index >= 15 is 0 Å². The van der Waals surface area contributed by atoms with Crippen LogP contribution < -0.4 is 0 Å². The number of rotatable bonds is 7. The molecule has 2 heteroatoms. The van der Waals surface area contributed by atoms with Crippen LogP contribution in [0.25, 0.3) is 0 Å². The zero-order chi connectivity index (χ0) is 13.1. The third-order valence-corrected chi connectivity index (χ3v) is 5.31. The monoisotopic (exact) mass is 263 g/mol. The summed E-state index contributed by atoms with van der Waals surface area (Å²) in [5, 5.41) is 0. The molecule has 0 aromatic heterocycles. The summed E-state index contributed by atoms with van der Waals surface area (Å²) < 4.78 is 0. The van der Waals surface area contributed by atoms with Crippen molar-refractivity contribution >= 4 is 6.29 Å². The summed E-state index contributed by atoms with van der Waals surface area (Å²) in [5.41, 5.74) is 0.000278. The predicted molar refractivity (Wildman–Crippen MR) is 78.1 cm³/mol. The van der Waals surface area contributed by atoms with Crippen molar-refractivity contribution < 1.29 is 4.79 Å². The second kappa shape index (κ2) is 5.95. The van der Waals surface area contributed by atoms with Crippen molar-refractivity contribution in [2.24, 2.45) is 17.3 Å². The summed E-state index contributed by atoms with van der Waals surface area (Å²) >= 11 is 0. The lowest BCUT2D eigenvalue weighted by atomic mass is 9.81. The summed E-state index contributed by atoms with van der Waals surface area (Å²) in [6.07, 6.45) is 14.5. The Balaban J connectivity index is 1.60. The summed E-state index contributed by atoms with van der Waals surface area (Å²) in [7, 11) is 0. The Morgan fingerprint density at radius 1 is 0.895 bits per heavy atom. The SMILES string of the molecule is O=CC1(CN(CC2CC2)CC2CC2)CCCCCC1. The van der Waals surface area contributed by atoms with E-state index in [1.54, 1.807) is 0 Å². The minimum atomic E-state index is 0.000278. The van der Waals surface area contributed by atoms with Crippen LogP contribution in [0.5, 0.6) is 0 Å². The number of carbonyl (C=O) groups excluding carboxylic acids is 1. The van der Waals surface area contributed by atoms with Gasteiger partial charge in [0.2, 0.25) is 0 Å². The number of nitrogens with zero attached hydrogens (tertiary/aromatic N) is 1. The van der Waals surface area contributed by atoms with Crippen LogP contribution in [0, 0.1) is 17.3 Å². The molecule has 3 saturated carbocycles. The Morgan fingerprint density at radius 3 is 1.84 bits per heavy atom. The Kier molecular flexibility index (Phi) is 4.26. The molecule has 0 atom stereocenters. The van der Waals surface area contributed by atoms with Crippen LogP contribution in [0.4, 0.5) is 0 Å². The van der Waals surface area contributed by atoms with Crippen LogP contribution >= 0.6 is 0 Å². The summed E-state index contributed by atoms with van der Waals surface area (Å²) in [6, 6.07) is 0. The molecule has 0 heterocycles. The average Bonchev–Trinajstić information content (AvgIpc) is 3.26. The lowest BCUT2D eigenvalue weighted by molar-refractivity contribution is -0.118. The lowest BCUT2D eigenvalue weighted by Crippen LogP contribution is -2.41. The van der Waals surface area contributed by atoms with Gasteiger partial charge in [0, 0.05) is 25.0 Å². The molecule has 0 aromatic carbocycles. The van der Waals surface area contributed by atoms with Crippen molar-refractivity contribution in [1.29, 1.82) is 0 Å². The Bertz CT molecular complexity index is 284. The van der Waals surface area contributed by atoms with Crippen molar-refractivity contribution in [2.75, 3.05) is 19.6 Å². The molecular formula is C17H29NO. The summed E-state index contributed by atoms with van der Waals surface area (Å²) in [4.78, 5) is 14.4. The highest BCUT2D eigenvalue weighted by atomic mass is 16.1. The molecule has 0 N–H and O–H groups in total. The van der Waals surface area contributed by atoms with Gasteiger partial charge in [-0.3, -0.25) is 0 Å². The minimum absolute atomic E-state index is 0.000278. The topological polar surface area (TPSA) is 20.3 Å². The van der Waals surface area contributed by atoms with Crippen molar-refractivity contribution in [3.05, 3.63) is 0 Å². The molecule has 108 valence electrons. The van der Waals surface area contributed by atoms with Gasteiger partial charge >= 0.3 is 0 Å². The molecule has 0 amide bonds. The molecule has 3 aliphatic rings. The molecule has 0 bridgehead atoms. The molecular weight excluding hydrogens is 234 g/mol. The zero-order valence-corrected chi connectivity index (χ0v) is 12.3. The normalized spacial score (nSPS) is 27.2. The zero-order valence-electron chi connectivity index (χ0n) is 12.3. The molecule has 3 fully saturated rings. The van der Waals surface area contributed by atoms with Gasteiger partial charge in [-0.15, -0.1) is 0 Å². The number of aldehydes is 1. The first-order chi connectivity index (χ1) is 9.30. The van der Waals surface area contributed by atoms with E-state index in [2.05, 4.69) is 4.90 Å². The van der Waals surface area contributed by atoms with Gasteiger partial charge in [-0.1, -0.05) is 25.7 Å². The van der Waals surface area contributed by atoms with E-state index in [9.17, 15) is 4.79 Å². The molecule has 0 spiro atoms. The molecule has 0 aliphatic heterocycles. The average molecular weight is 263 g/mol. The molecule has 0 saturated heterocycles. The van der Waals surface area contributed by atoms with E-state index in [0.717, 1.165) is 31.2 Å². The molecule has 3 aliphatic carbocycles. The molecule has 0 unspecified atom stereocenters. The standard InChI is InChI=1S/C17H29NO/c19-14-17(9-3-1-2-4-10-17)13-18(11-15-5-6-15)12-16-7-8-16/h14-16H,1-13H2. The second-order valence-electron chi connectivity index (χ2n) is 7.48. The van der Waals surface area contributed by atoms with Gasteiger partial charge in [0.1, 0.15) is 6.29 Å². The van der Waals surface area contributed by atoms with Gasteiger partial charge in [-0.05, 0) is 50.4 Å². The second-order valence-corrected chi connectivity index (χ2v) is 7.48. The van der Waals surface area contributed by atoms with Crippen molar-refractivity contribution in [3.8, 4) is 0 Å². The van der Waals surface area contributed by atoms with Crippen molar-refractivity contribution in [3.63, 3.8) is 0 Å². The van der Waals surface area contributed by atoms with E-state index in [1.165, 1.54) is 70.7 Å². The first-order valence-electron chi connectivity index (χ1n) is 8.48. The van der Waals surface area contributed by atoms with Gasteiger partial charge in [0.25, 0.3) is 0 Å². The Morgan fingerprint density at radius 2 is 1.42 bits per heavy atom. The van der Waals surface area contributed by atoms with Crippen LogP contribution in [0.15, 0.2) is 0 Å². The van der Waals surface area contributed by atoms with Gasteiger partial charge in [-0.2, -0.15) is 0 Å². The van der Waals surface area contributed by atoms with E-state index in [-0.39, 0.29) is 5.41 Å².